The Hall–Kier alpha value is -1.55. The van der Waals surface area contributed by atoms with Gasteiger partial charge in [0.15, 0.2) is 5.96 Å². The number of rotatable bonds is 5. The highest BCUT2D eigenvalue weighted by atomic mass is 15.2. The van der Waals surface area contributed by atoms with Crippen molar-refractivity contribution in [3.8, 4) is 0 Å². The summed E-state index contributed by atoms with van der Waals surface area (Å²) < 4.78 is 0. The zero-order valence-electron chi connectivity index (χ0n) is 12.9. The van der Waals surface area contributed by atoms with E-state index in [1.54, 1.807) is 0 Å². The highest BCUT2D eigenvalue weighted by Gasteiger charge is 2.22. The molecular formula is C17H26N4. The molecule has 2 unspecified atom stereocenters. The van der Waals surface area contributed by atoms with Gasteiger partial charge in [-0.2, -0.15) is 0 Å². The summed E-state index contributed by atoms with van der Waals surface area (Å²) in [6, 6.07) is 11.3. The standard InChI is InChI=1S/C17H26N4/c1-14-11-18-17(20-14)19-12-16-8-10-21(13-16)9-7-15-5-3-2-4-6-15/h2-6,14,16H,7-13H2,1H3,(H2,18,19,20). The van der Waals surface area contributed by atoms with Gasteiger partial charge in [-0.15, -0.1) is 0 Å². The molecule has 0 aromatic heterocycles. The van der Waals surface area contributed by atoms with E-state index in [1.807, 2.05) is 0 Å². The molecule has 4 heteroatoms. The lowest BCUT2D eigenvalue weighted by atomic mass is 10.1. The molecule has 1 aromatic rings. The van der Waals surface area contributed by atoms with E-state index in [-0.39, 0.29) is 0 Å². The Morgan fingerprint density at radius 3 is 2.95 bits per heavy atom. The molecule has 2 aliphatic heterocycles. The Bertz CT molecular complexity index is 471. The maximum absolute atomic E-state index is 4.45. The summed E-state index contributed by atoms with van der Waals surface area (Å²) in [5.41, 5.74) is 1.44. The number of aliphatic imine (C=N–C) groups is 1. The molecule has 2 heterocycles. The molecule has 114 valence electrons. The van der Waals surface area contributed by atoms with E-state index < -0.39 is 0 Å². The predicted molar refractivity (Wildman–Crippen MR) is 87.6 cm³/mol. The largest absolute Gasteiger partial charge is 0.356 e. The average molecular weight is 286 g/mol. The fourth-order valence-electron chi connectivity index (χ4n) is 3.12. The molecule has 0 amide bonds. The number of hydrogen-bond acceptors (Lipinski definition) is 4. The SMILES string of the molecule is CC1CN=C(NCC2CCN(CCc3ccccc3)C2)N1. The van der Waals surface area contributed by atoms with Crippen LogP contribution in [0.3, 0.4) is 0 Å². The summed E-state index contributed by atoms with van der Waals surface area (Å²) in [4.78, 5) is 7.04. The highest BCUT2D eigenvalue weighted by molar-refractivity contribution is 5.81. The third-order valence-corrected chi connectivity index (χ3v) is 4.39. The van der Waals surface area contributed by atoms with Crippen LogP contribution in [0.5, 0.6) is 0 Å². The van der Waals surface area contributed by atoms with Gasteiger partial charge < -0.3 is 15.5 Å². The number of likely N-dealkylation sites (tertiary alicyclic amines) is 1. The van der Waals surface area contributed by atoms with Gasteiger partial charge in [-0.25, -0.2) is 0 Å². The van der Waals surface area contributed by atoms with E-state index in [9.17, 15) is 0 Å². The lowest BCUT2D eigenvalue weighted by Crippen LogP contribution is -2.40. The molecule has 21 heavy (non-hydrogen) atoms. The van der Waals surface area contributed by atoms with Crippen molar-refractivity contribution in [1.29, 1.82) is 0 Å². The van der Waals surface area contributed by atoms with Gasteiger partial charge in [0.1, 0.15) is 0 Å². The van der Waals surface area contributed by atoms with Crippen molar-refractivity contribution in [3.05, 3.63) is 35.9 Å². The Morgan fingerprint density at radius 1 is 1.33 bits per heavy atom. The molecule has 0 radical (unpaired) electrons. The Balaban J connectivity index is 1.35. The van der Waals surface area contributed by atoms with Crippen LogP contribution < -0.4 is 10.6 Å². The van der Waals surface area contributed by atoms with Gasteiger partial charge in [0.25, 0.3) is 0 Å². The molecule has 3 rings (SSSR count). The van der Waals surface area contributed by atoms with Gasteiger partial charge in [-0.3, -0.25) is 4.99 Å². The highest BCUT2D eigenvalue weighted by Crippen LogP contribution is 2.16. The van der Waals surface area contributed by atoms with Crippen LogP contribution in [0.1, 0.15) is 18.9 Å². The lowest BCUT2D eigenvalue weighted by Gasteiger charge is -2.17. The van der Waals surface area contributed by atoms with Crippen LogP contribution in [-0.4, -0.2) is 49.6 Å². The lowest BCUT2D eigenvalue weighted by molar-refractivity contribution is 0.328. The Labute approximate surface area is 127 Å². The molecule has 0 bridgehead atoms. The Kier molecular flexibility index (Phi) is 4.76. The van der Waals surface area contributed by atoms with Crippen LogP contribution in [0.25, 0.3) is 0 Å². The fraction of sp³-hybridized carbons (Fsp3) is 0.588. The second-order valence-corrected chi connectivity index (χ2v) is 6.31. The zero-order chi connectivity index (χ0) is 14.5. The van der Waals surface area contributed by atoms with Crippen molar-refractivity contribution in [3.63, 3.8) is 0 Å². The molecule has 0 saturated carbocycles. The number of nitrogens with zero attached hydrogens (tertiary/aromatic N) is 2. The summed E-state index contributed by atoms with van der Waals surface area (Å²) in [5.74, 6) is 1.74. The van der Waals surface area contributed by atoms with E-state index in [1.165, 1.54) is 31.6 Å². The van der Waals surface area contributed by atoms with E-state index in [2.05, 4.69) is 57.8 Å². The first kappa shape index (κ1) is 14.4. The molecule has 0 spiro atoms. The molecule has 2 atom stereocenters. The number of guanidine groups is 1. The molecule has 1 fully saturated rings. The van der Waals surface area contributed by atoms with Crippen LogP contribution in [-0.2, 0) is 6.42 Å². The second-order valence-electron chi connectivity index (χ2n) is 6.31. The van der Waals surface area contributed by atoms with Gasteiger partial charge in [0.2, 0.25) is 0 Å². The third kappa shape index (κ3) is 4.21. The maximum Gasteiger partial charge on any atom is 0.191 e. The second kappa shape index (κ2) is 6.94. The van der Waals surface area contributed by atoms with Gasteiger partial charge in [0, 0.05) is 25.7 Å². The van der Waals surface area contributed by atoms with Crippen LogP contribution >= 0.6 is 0 Å². The van der Waals surface area contributed by atoms with Crippen molar-refractivity contribution in [2.75, 3.05) is 32.7 Å². The maximum atomic E-state index is 4.45. The van der Waals surface area contributed by atoms with Crippen LogP contribution in [0.2, 0.25) is 0 Å². The summed E-state index contributed by atoms with van der Waals surface area (Å²) in [6.45, 7) is 7.73. The number of benzene rings is 1. The normalized spacial score (nSPS) is 25.7. The van der Waals surface area contributed by atoms with Crippen LogP contribution in [0.4, 0.5) is 0 Å². The molecule has 0 aliphatic carbocycles. The minimum Gasteiger partial charge on any atom is -0.356 e. The topological polar surface area (TPSA) is 39.7 Å². The van der Waals surface area contributed by atoms with E-state index >= 15 is 0 Å². The van der Waals surface area contributed by atoms with Crippen molar-refractivity contribution in [2.45, 2.75) is 25.8 Å². The van der Waals surface area contributed by atoms with Gasteiger partial charge in [-0.05, 0) is 37.8 Å². The fourth-order valence-corrected chi connectivity index (χ4v) is 3.12. The van der Waals surface area contributed by atoms with Crippen molar-refractivity contribution in [2.24, 2.45) is 10.9 Å². The zero-order valence-corrected chi connectivity index (χ0v) is 12.9. The molecule has 4 nitrogen and oxygen atoms in total. The predicted octanol–water partition coefficient (Wildman–Crippen LogP) is 1.49. The number of nitrogens with one attached hydrogen (secondary N) is 2. The summed E-state index contributed by atoms with van der Waals surface area (Å²) >= 11 is 0. The van der Waals surface area contributed by atoms with Crippen LogP contribution in [0.15, 0.2) is 35.3 Å². The summed E-state index contributed by atoms with van der Waals surface area (Å²) in [5, 5.41) is 6.82. The molecule has 1 saturated heterocycles. The Morgan fingerprint density at radius 2 is 2.19 bits per heavy atom. The molecular weight excluding hydrogens is 260 g/mol. The first-order chi connectivity index (χ1) is 10.3. The van der Waals surface area contributed by atoms with Gasteiger partial charge in [0.05, 0.1) is 6.54 Å². The molecule has 2 N–H and O–H groups in total. The minimum absolute atomic E-state index is 0.485. The van der Waals surface area contributed by atoms with Crippen LogP contribution in [0, 0.1) is 5.92 Å². The first-order valence-electron chi connectivity index (χ1n) is 8.11. The van der Waals surface area contributed by atoms with Gasteiger partial charge in [-0.1, -0.05) is 30.3 Å². The molecule has 2 aliphatic rings. The minimum atomic E-state index is 0.485. The summed E-state index contributed by atoms with van der Waals surface area (Å²) in [6.07, 6.45) is 2.46. The third-order valence-electron chi connectivity index (χ3n) is 4.39. The number of hydrogen-bond donors (Lipinski definition) is 2. The first-order valence-corrected chi connectivity index (χ1v) is 8.11. The van der Waals surface area contributed by atoms with E-state index in [0.717, 1.165) is 31.4 Å². The smallest absolute Gasteiger partial charge is 0.191 e. The van der Waals surface area contributed by atoms with E-state index in [0.29, 0.717) is 6.04 Å². The average Bonchev–Trinajstić information content (AvgIpc) is 3.13. The quantitative estimate of drug-likeness (QED) is 0.861. The van der Waals surface area contributed by atoms with Crippen molar-refractivity contribution < 1.29 is 0 Å². The monoisotopic (exact) mass is 286 g/mol. The molecule has 1 aromatic carbocycles. The van der Waals surface area contributed by atoms with Crippen molar-refractivity contribution >= 4 is 5.96 Å². The van der Waals surface area contributed by atoms with Gasteiger partial charge >= 0.3 is 0 Å². The summed E-state index contributed by atoms with van der Waals surface area (Å²) in [7, 11) is 0. The van der Waals surface area contributed by atoms with Crippen molar-refractivity contribution in [1.82, 2.24) is 15.5 Å². The van der Waals surface area contributed by atoms with E-state index in [4.69, 9.17) is 0 Å².